The predicted octanol–water partition coefficient (Wildman–Crippen LogP) is 2.18. The molecule has 15 heavy (non-hydrogen) atoms. The van der Waals surface area contributed by atoms with Crippen LogP contribution in [0, 0.1) is 0 Å². The van der Waals surface area contributed by atoms with Crippen molar-refractivity contribution >= 4 is 32.8 Å². The molecule has 1 aromatic heterocycles. The number of hydrogen-bond donors (Lipinski definition) is 0. The lowest BCUT2D eigenvalue weighted by atomic mass is 10.1. The van der Waals surface area contributed by atoms with Crippen molar-refractivity contribution in [2.75, 3.05) is 7.11 Å². The molecule has 0 amide bonds. The van der Waals surface area contributed by atoms with Crippen LogP contribution in [0.4, 0.5) is 0 Å². The number of esters is 1. The smallest absolute Gasteiger partial charge is 0.339 e. The summed E-state index contributed by atoms with van der Waals surface area (Å²) < 4.78 is 5.38. The van der Waals surface area contributed by atoms with E-state index in [-0.39, 0.29) is 0 Å². The second-order valence-electron chi connectivity index (χ2n) is 2.87. The van der Waals surface area contributed by atoms with Gasteiger partial charge in [-0.1, -0.05) is 0 Å². The predicted molar refractivity (Wildman–Crippen MR) is 58.6 cm³/mol. The highest BCUT2D eigenvalue weighted by molar-refractivity contribution is 9.10. The monoisotopic (exact) mass is 266 g/mol. The van der Waals surface area contributed by atoms with Crippen molar-refractivity contribution in [1.82, 2.24) is 9.97 Å². The number of carbonyl (C=O) groups is 1. The fraction of sp³-hybridized carbons (Fsp3) is 0.100. The number of methoxy groups -OCH3 is 1. The Morgan fingerprint density at radius 1 is 1.47 bits per heavy atom. The Kier molecular flexibility index (Phi) is 2.64. The molecule has 76 valence electrons. The fourth-order valence-electron chi connectivity index (χ4n) is 1.34. The van der Waals surface area contributed by atoms with E-state index < -0.39 is 5.97 Å². The van der Waals surface area contributed by atoms with Crippen molar-refractivity contribution < 1.29 is 9.53 Å². The van der Waals surface area contributed by atoms with E-state index in [4.69, 9.17) is 4.74 Å². The maximum Gasteiger partial charge on any atom is 0.339 e. The van der Waals surface area contributed by atoms with Crippen LogP contribution in [0.2, 0.25) is 0 Å². The molecular formula is C10H7BrN2O2. The Labute approximate surface area is 94.4 Å². The fourth-order valence-corrected chi connectivity index (χ4v) is 1.85. The molecule has 2 rings (SSSR count). The van der Waals surface area contributed by atoms with Gasteiger partial charge >= 0.3 is 5.97 Å². The minimum Gasteiger partial charge on any atom is -0.465 e. The second kappa shape index (κ2) is 3.94. The topological polar surface area (TPSA) is 52.1 Å². The highest BCUT2D eigenvalue weighted by Gasteiger charge is 2.14. The third kappa shape index (κ3) is 1.70. The van der Waals surface area contributed by atoms with E-state index in [1.165, 1.54) is 13.4 Å². The number of carbonyl (C=O) groups excluding carboxylic acids is 1. The molecule has 0 aliphatic carbocycles. The summed E-state index contributed by atoms with van der Waals surface area (Å²) in [6.45, 7) is 0. The van der Waals surface area contributed by atoms with Gasteiger partial charge in [-0.2, -0.15) is 0 Å². The Balaban J connectivity index is 2.79. The molecule has 0 spiro atoms. The molecule has 0 atom stereocenters. The van der Waals surface area contributed by atoms with Gasteiger partial charge in [-0.15, -0.1) is 0 Å². The summed E-state index contributed by atoms with van der Waals surface area (Å²) in [4.78, 5) is 19.5. The van der Waals surface area contributed by atoms with Crippen molar-refractivity contribution in [3.8, 4) is 0 Å². The molecule has 0 saturated heterocycles. The molecule has 0 aliphatic rings. The first kappa shape index (κ1) is 10.0. The van der Waals surface area contributed by atoms with Crippen LogP contribution in [0.15, 0.2) is 29.1 Å². The number of hydrogen-bond acceptors (Lipinski definition) is 4. The standard InChI is InChI=1S/C10H7BrN2O2/c1-15-10(14)9-6-4-12-5-13-8(6)3-2-7(9)11/h2-5H,1H3. The number of fused-ring (bicyclic) bond motifs is 1. The number of halogens is 1. The van der Waals surface area contributed by atoms with E-state index in [0.29, 0.717) is 20.9 Å². The first-order valence-electron chi connectivity index (χ1n) is 4.20. The van der Waals surface area contributed by atoms with Crippen molar-refractivity contribution in [3.05, 3.63) is 34.7 Å². The number of nitrogens with zero attached hydrogens (tertiary/aromatic N) is 2. The number of ether oxygens (including phenoxy) is 1. The Hall–Kier alpha value is -1.49. The van der Waals surface area contributed by atoms with E-state index in [2.05, 4.69) is 25.9 Å². The molecule has 0 bridgehead atoms. The van der Waals surface area contributed by atoms with Crippen LogP contribution >= 0.6 is 15.9 Å². The van der Waals surface area contributed by atoms with Crippen molar-refractivity contribution in [2.24, 2.45) is 0 Å². The average molecular weight is 267 g/mol. The zero-order chi connectivity index (χ0) is 10.8. The van der Waals surface area contributed by atoms with Gasteiger partial charge < -0.3 is 4.74 Å². The molecule has 0 N–H and O–H groups in total. The molecular weight excluding hydrogens is 260 g/mol. The summed E-state index contributed by atoms with van der Waals surface area (Å²) in [6, 6.07) is 3.58. The van der Waals surface area contributed by atoms with Crippen molar-refractivity contribution in [3.63, 3.8) is 0 Å². The molecule has 2 aromatic rings. The minimum atomic E-state index is -0.401. The normalized spacial score (nSPS) is 10.3. The maximum absolute atomic E-state index is 11.5. The van der Waals surface area contributed by atoms with Gasteiger partial charge in [0.25, 0.3) is 0 Å². The highest BCUT2D eigenvalue weighted by atomic mass is 79.9. The summed E-state index contributed by atoms with van der Waals surface area (Å²) in [5.41, 5.74) is 1.17. The summed E-state index contributed by atoms with van der Waals surface area (Å²) in [5.74, 6) is -0.401. The van der Waals surface area contributed by atoms with Gasteiger partial charge in [-0.3, -0.25) is 0 Å². The van der Waals surface area contributed by atoms with Crippen LogP contribution in [0.3, 0.4) is 0 Å². The third-order valence-electron chi connectivity index (χ3n) is 2.03. The molecule has 4 nitrogen and oxygen atoms in total. The zero-order valence-corrected chi connectivity index (χ0v) is 9.48. The quantitative estimate of drug-likeness (QED) is 0.743. The van der Waals surface area contributed by atoms with Gasteiger partial charge in [0.2, 0.25) is 0 Å². The van der Waals surface area contributed by atoms with Crippen LogP contribution in [-0.2, 0) is 4.74 Å². The van der Waals surface area contributed by atoms with Gasteiger partial charge in [0.05, 0.1) is 18.2 Å². The summed E-state index contributed by atoms with van der Waals surface area (Å²) in [6.07, 6.45) is 3.04. The Morgan fingerprint density at radius 2 is 2.27 bits per heavy atom. The second-order valence-corrected chi connectivity index (χ2v) is 3.72. The highest BCUT2D eigenvalue weighted by Crippen LogP contribution is 2.25. The maximum atomic E-state index is 11.5. The van der Waals surface area contributed by atoms with E-state index in [1.54, 1.807) is 12.3 Å². The summed E-state index contributed by atoms with van der Waals surface area (Å²) in [5, 5.41) is 0.679. The number of rotatable bonds is 1. The van der Waals surface area contributed by atoms with Gasteiger partial charge in [-0.05, 0) is 28.1 Å². The summed E-state index contributed by atoms with van der Waals surface area (Å²) in [7, 11) is 1.34. The molecule has 0 aliphatic heterocycles. The number of benzene rings is 1. The molecule has 0 radical (unpaired) electrons. The van der Waals surface area contributed by atoms with Crippen molar-refractivity contribution in [1.29, 1.82) is 0 Å². The average Bonchev–Trinajstić information content (AvgIpc) is 2.28. The van der Waals surface area contributed by atoms with E-state index in [0.717, 1.165) is 0 Å². The number of aromatic nitrogens is 2. The Bertz CT molecular complexity index is 528. The molecule has 0 fully saturated rings. The van der Waals surface area contributed by atoms with E-state index in [1.807, 2.05) is 6.07 Å². The van der Waals surface area contributed by atoms with Gasteiger partial charge in [0.1, 0.15) is 6.33 Å². The van der Waals surface area contributed by atoms with Crippen LogP contribution in [0.5, 0.6) is 0 Å². The van der Waals surface area contributed by atoms with Crippen LogP contribution in [0.1, 0.15) is 10.4 Å². The largest absolute Gasteiger partial charge is 0.465 e. The molecule has 0 unspecified atom stereocenters. The molecule has 5 heteroatoms. The Morgan fingerprint density at radius 3 is 3.00 bits per heavy atom. The third-order valence-corrected chi connectivity index (χ3v) is 2.69. The lowest BCUT2D eigenvalue weighted by molar-refractivity contribution is 0.0602. The first-order valence-corrected chi connectivity index (χ1v) is 5.00. The first-order chi connectivity index (χ1) is 7.24. The van der Waals surface area contributed by atoms with E-state index >= 15 is 0 Å². The molecule has 0 saturated carbocycles. The SMILES string of the molecule is COC(=O)c1c(Br)ccc2ncncc12. The lowest BCUT2D eigenvalue weighted by Crippen LogP contribution is -2.03. The van der Waals surface area contributed by atoms with Gasteiger partial charge in [0.15, 0.2) is 0 Å². The molecule has 1 heterocycles. The summed E-state index contributed by atoms with van der Waals surface area (Å²) >= 11 is 3.30. The zero-order valence-electron chi connectivity index (χ0n) is 7.90. The van der Waals surface area contributed by atoms with Gasteiger partial charge in [0, 0.05) is 16.1 Å². The minimum absolute atomic E-state index is 0.401. The van der Waals surface area contributed by atoms with Crippen LogP contribution < -0.4 is 0 Å². The lowest BCUT2D eigenvalue weighted by Gasteiger charge is -2.05. The van der Waals surface area contributed by atoms with Crippen LogP contribution in [0.25, 0.3) is 10.9 Å². The van der Waals surface area contributed by atoms with Crippen molar-refractivity contribution in [2.45, 2.75) is 0 Å². The van der Waals surface area contributed by atoms with E-state index in [9.17, 15) is 4.79 Å². The van der Waals surface area contributed by atoms with Crippen LogP contribution in [-0.4, -0.2) is 23.0 Å². The van der Waals surface area contributed by atoms with Gasteiger partial charge in [-0.25, -0.2) is 14.8 Å². The molecule has 1 aromatic carbocycles.